The molecule has 1 aromatic rings. The summed E-state index contributed by atoms with van der Waals surface area (Å²) in [5.74, 6) is 0.228. The van der Waals surface area contributed by atoms with Gasteiger partial charge in [0.1, 0.15) is 0 Å². The number of rotatable bonds is 8. The summed E-state index contributed by atoms with van der Waals surface area (Å²) in [6.45, 7) is 6.01. The molecule has 1 aliphatic rings. The molecule has 2 rings (SSSR count). The Morgan fingerprint density at radius 2 is 2.08 bits per heavy atom. The van der Waals surface area contributed by atoms with Crippen molar-refractivity contribution in [3.8, 4) is 0 Å². The summed E-state index contributed by atoms with van der Waals surface area (Å²) < 4.78 is 0. The first-order valence-electron chi connectivity index (χ1n) is 8.25. The minimum atomic E-state index is -0.742. The van der Waals surface area contributed by atoms with E-state index in [0.29, 0.717) is 11.1 Å². The fourth-order valence-electron chi connectivity index (χ4n) is 3.05. The second kappa shape index (κ2) is 9.88. The van der Waals surface area contributed by atoms with E-state index in [1.807, 2.05) is 19.1 Å². The number of thioether (sulfide) groups is 1. The molecule has 134 valence electrons. The molecule has 24 heavy (non-hydrogen) atoms. The van der Waals surface area contributed by atoms with Crippen molar-refractivity contribution < 1.29 is 9.90 Å². The number of piperidine rings is 1. The van der Waals surface area contributed by atoms with Gasteiger partial charge in [-0.3, -0.25) is 9.69 Å². The number of nitrogens with zero attached hydrogens (tertiary/aromatic N) is 2. The first-order chi connectivity index (χ1) is 11.5. The van der Waals surface area contributed by atoms with Crippen molar-refractivity contribution in [2.45, 2.75) is 30.7 Å². The fourth-order valence-corrected chi connectivity index (χ4v) is 4.56. The number of carbonyl (C=O) groups is 1. The van der Waals surface area contributed by atoms with Gasteiger partial charge in [-0.2, -0.15) is 0 Å². The highest BCUT2D eigenvalue weighted by atomic mass is 35.5. The van der Waals surface area contributed by atoms with Crippen LogP contribution in [0, 0.1) is 0 Å². The van der Waals surface area contributed by atoms with Gasteiger partial charge in [0.25, 0.3) is 0 Å². The van der Waals surface area contributed by atoms with Gasteiger partial charge < -0.3 is 10.0 Å². The van der Waals surface area contributed by atoms with Crippen LogP contribution in [0.5, 0.6) is 0 Å². The summed E-state index contributed by atoms with van der Waals surface area (Å²) in [5.41, 5.74) is 0. The highest BCUT2D eigenvalue weighted by molar-refractivity contribution is 7.99. The minimum Gasteiger partial charge on any atom is -0.480 e. The number of likely N-dealkylation sites (tertiary alicyclic amines) is 1. The molecule has 0 amide bonds. The van der Waals surface area contributed by atoms with Gasteiger partial charge in [-0.1, -0.05) is 30.1 Å². The number of aliphatic carboxylic acids is 1. The quantitative estimate of drug-likeness (QED) is 0.680. The predicted octanol–water partition coefficient (Wildman–Crippen LogP) is 3.96. The average molecular weight is 391 g/mol. The lowest BCUT2D eigenvalue weighted by molar-refractivity contribution is -0.139. The molecule has 4 nitrogen and oxygen atoms in total. The molecular formula is C17H24Cl2N2O2S. The third kappa shape index (κ3) is 6.12. The lowest BCUT2D eigenvalue weighted by Gasteiger charge is -2.37. The van der Waals surface area contributed by atoms with E-state index in [1.165, 1.54) is 0 Å². The summed E-state index contributed by atoms with van der Waals surface area (Å²) in [7, 11) is 0. The van der Waals surface area contributed by atoms with E-state index in [0.717, 1.165) is 54.7 Å². The molecule has 0 atom stereocenters. The molecule has 0 saturated carbocycles. The maximum absolute atomic E-state index is 10.9. The molecular weight excluding hydrogens is 367 g/mol. The van der Waals surface area contributed by atoms with Gasteiger partial charge in [0.15, 0.2) is 0 Å². The van der Waals surface area contributed by atoms with Crippen LogP contribution >= 0.6 is 35.0 Å². The molecule has 1 aromatic carbocycles. The summed E-state index contributed by atoms with van der Waals surface area (Å²) >= 11 is 13.9. The molecule has 0 radical (unpaired) electrons. The van der Waals surface area contributed by atoms with E-state index in [9.17, 15) is 4.79 Å². The number of likely N-dealkylation sites (N-methyl/N-ethyl adjacent to an activating group) is 1. The maximum atomic E-state index is 10.9. The predicted molar refractivity (Wildman–Crippen MR) is 102 cm³/mol. The second-order valence-corrected chi connectivity index (χ2v) is 7.93. The maximum Gasteiger partial charge on any atom is 0.317 e. The van der Waals surface area contributed by atoms with E-state index < -0.39 is 5.97 Å². The number of halogens is 2. The van der Waals surface area contributed by atoms with Crippen LogP contribution < -0.4 is 0 Å². The Hall–Kier alpha value is -0.460. The molecule has 0 aliphatic carbocycles. The fraction of sp³-hybridized carbons (Fsp3) is 0.588. The zero-order valence-electron chi connectivity index (χ0n) is 13.9. The molecule has 1 heterocycles. The third-order valence-electron chi connectivity index (χ3n) is 4.38. The topological polar surface area (TPSA) is 43.8 Å². The number of hydrogen-bond acceptors (Lipinski definition) is 4. The summed E-state index contributed by atoms with van der Waals surface area (Å²) in [6, 6.07) is 5.93. The highest BCUT2D eigenvalue weighted by Gasteiger charge is 2.24. The first kappa shape index (κ1) is 19.9. The Morgan fingerprint density at radius 3 is 2.71 bits per heavy atom. The monoisotopic (exact) mass is 390 g/mol. The van der Waals surface area contributed by atoms with E-state index in [2.05, 4.69) is 9.80 Å². The largest absolute Gasteiger partial charge is 0.480 e. The van der Waals surface area contributed by atoms with Crippen molar-refractivity contribution in [3.05, 3.63) is 28.2 Å². The molecule has 7 heteroatoms. The summed E-state index contributed by atoms with van der Waals surface area (Å²) in [5, 5.41) is 10.4. The smallest absolute Gasteiger partial charge is 0.317 e. The number of benzene rings is 1. The van der Waals surface area contributed by atoms with Crippen molar-refractivity contribution in [2.24, 2.45) is 0 Å². The normalized spacial score (nSPS) is 16.7. The average Bonchev–Trinajstić information content (AvgIpc) is 2.56. The van der Waals surface area contributed by atoms with Crippen LogP contribution in [-0.4, -0.2) is 65.4 Å². The molecule has 1 N–H and O–H groups in total. The lowest BCUT2D eigenvalue weighted by atomic mass is 10.0. The van der Waals surface area contributed by atoms with Crippen LogP contribution in [0.3, 0.4) is 0 Å². The Morgan fingerprint density at radius 1 is 1.38 bits per heavy atom. The number of carboxylic acids is 1. The van der Waals surface area contributed by atoms with Crippen molar-refractivity contribution in [3.63, 3.8) is 0 Å². The van der Waals surface area contributed by atoms with E-state index in [1.54, 1.807) is 17.8 Å². The molecule has 0 bridgehead atoms. The Balaban J connectivity index is 1.73. The third-order valence-corrected chi connectivity index (χ3v) is 6.09. The zero-order valence-corrected chi connectivity index (χ0v) is 16.2. The van der Waals surface area contributed by atoms with Gasteiger partial charge in [-0.15, -0.1) is 11.8 Å². The summed E-state index contributed by atoms with van der Waals surface area (Å²) in [4.78, 5) is 16.5. The van der Waals surface area contributed by atoms with Gasteiger partial charge in [0.05, 0.1) is 11.6 Å². The highest BCUT2D eigenvalue weighted by Crippen LogP contribution is 2.30. The van der Waals surface area contributed by atoms with Gasteiger partial charge in [0.2, 0.25) is 0 Å². The second-order valence-electron chi connectivity index (χ2n) is 5.95. The zero-order chi connectivity index (χ0) is 17.5. The molecule has 0 unspecified atom stereocenters. The summed E-state index contributed by atoms with van der Waals surface area (Å²) in [6.07, 6.45) is 2.06. The Kier molecular flexibility index (Phi) is 8.17. The molecule has 0 spiro atoms. The molecule has 1 saturated heterocycles. The van der Waals surface area contributed by atoms with Gasteiger partial charge in [-0.25, -0.2) is 0 Å². The SMILES string of the molecule is CCN(CC(=O)O)C1CCN(CCSc2cc(Cl)ccc2Cl)CC1. The van der Waals surface area contributed by atoms with E-state index >= 15 is 0 Å². The number of hydrogen-bond donors (Lipinski definition) is 1. The van der Waals surface area contributed by atoms with Gasteiger partial charge in [-0.05, 0) is 50.7 Å². The van der Waals surface area contributed by atoms with Crippen LogP contribution in [-0.2, 0) is 4.79 Å². The molecule has 0 aromatic heterocycles. The number of carboxylic acid groups (broad SMARTS) is 1. The van der Waals surface area contributed by atoms with E-state index in [4.69, 9.17) is 28.3 Å². The Labute approximate surface area is 158 Å². The van der Waals surface area contributed by atoms with Crippen LogP contribution in [0.4, 0.5) is 0 Å². The van der Waals surface area contributed by atoms with Crippen LogP contribution in [0.25, 0.3) is 0 Å². The van der Waals surface area contributed by atoms with Crippen LogP contribution in [0.1, 0.15) is 19.8 Å². The minimum absolute atomic E-state index is 0.143. The van der Waals surface area contributed by atoms with Crippen LogP contribution in [0.2, 0.25) is 10.0 Å². The van der Waals surface area contributed by atoms with E-state index in [-0.39, 0.29) is 6.54 Å². The standard InChI is InChI=1S/C17H24Cl2N2O2S/c1-2-21(12-17(22)23)14-5-7-20(8-6-14)9-10-24-16-11-13(18)3-4-15(16)19/h3-4,11,14H,2,5-10,12H2,1H3,(H,22,23). The Bertz CT molecular complexity index is 551. The molecule has 1 fully saturated rings. The van der Waals surface area contributed by atoms with Gasteiger partial charge in [0, 0.05) is 28.3 Å². The van der Waals surface area contributed by atoms with Crippen LogP contribution in [0.15, 0.2) is 23.1 Å². The van der Waals surface area contributed by atoms with Crippen molar-refractivity contribution >= 4 is 40.9 Å². The molecule has 1 aliphatic heterocycles. The van der Waals surface area contributed by atoms with Gasteiger partial charge >= 0.3 is 5.97 Å². The van der Waals surface area contributed by atoms with Crippen molar-refractivity contribution in [2.75, 3.05) is 38.5 Å². The van der Waals surface area contributed by atoms with Crippen molar-refractivity contribution in [1.82, 2.24) is 9.80 Å². The van der Waals surface area contributed by atoms with Crippen molar-refractivity contribution in [1.29, 1.82) is 0 Å². The lowest BCUT2D eigenvalue weighted by Crippen LogP contribution is -2.46. The first-order valence-corrected chi connectivity index (χ1v) is 9.99.